The average Bonchev–Trinajstić information content (AvgIpc) is 2.74. The topological polar surface area (TPSA) is 38.0 Å². The zero-order chi connectivity index (χ0) is 10.2. The third-order valence-electron chi connectivity index (χ3n) is 2.76. The van der Waals surface area contributed by atoms with Crippen molar-refractivity contribution in [3.8, 4) is 0 Å². The standard InChI is InChI=1S/C11H18N2O/c1-11(14,7-9-3-4-9)8-10-5-6-13(2)12-10/h5-6,9,14H,3-4,7-8H2,1-2H3. The zero-order valence-corrected chi connectivity index (χ0v) is 8.90. The summed E-state index contributed by atoms with van der Waals surface area (Å²) in [7, 11) is 1.90. The van der Waals surface area contributed by atoms with Gasteiger partial charge in [-0.05, 0) is 25.3 Å². The lowest BCUT2D eigenvalue weighted by atomic mass is 9.94. The van der Waals surface area contributed by atoms with E-state index in [1.54, 1.807) is 4.68 Å². The minimum atomic E-state index is -0.574. The molecule has 14 heavy (non-hydrogen) atoms. The van der Waals surface area contributed by atoms with Gasteiger partial charge in [0.05, 0.1) is 11.3 Å². The van der Waals surface area contributed by atoms with Crippen molar-refractivity contribution in [2.75, 3.05) is 0 Å². The fourth-order valence-electron chi connectivity index (χ4n) is 1.96. The Labute approximate surface area is 84.7 Å². The van der Waals surface area contributed by atoms with Crippen molar-refractivity contribution in [2.24, 2.45) is 13.0 Å². The molecule has 1 atom stereocenters. The van der Waals surface area contributed by atoms with Crippen LogP contribution in [0.15, 0.2) is 12.3 Å². The van der Waals surface area contributed by atoms with Gasteiger partial charge in [-0.3, -0.25) is 4.68 Å². The summed E-state index contributed by atoms with van der Waals surface area (Å²) in [5.74, 6) is 0.758. The lowest BCUT2D eigenvalue weighted by molar-refractivity contribution is 0.0444. The van der Waals surface area contributed by atoms with Gasteiger partial charge in [0.1, 0.15) is 0 Å². The Bertz CT molecular complexity index is 313. The van der Waals surface area contributed by atoms with Crippen LogP contribution in [0.2, 0.25) is 0 Å². The molecule has 1 aromatic heterocycles. The molecule has 1 N–H and O–H groups in total. The quantitative estimate of drug-likeness (QED) is 0.789. The summed E-state index contributed by atoms with van der Waals surface area (Å²) >= 11 is 0. The van der Waals surface area contributed by atoms with Crippen molar-refractivity contribution in [3.05, 3.63) is 18.0 Å². The van der Waals surface area contributed by atoms with Crippen LogP contribution in [-0.4, -0.2) is 20.5 Å². The molecule has 3 nitrogen and oxygen atoms in total. The maximum atomic E-state index is 10.1. The van der Waals surface area contributed by atoms with Crippen LogP contribution in [0.5, 0.6) is 0 Å². The summed E-state index contributed by atoms with van der Waals surface area (Å²) in [5.41, 5.74) is 0.411. The maximum Gasteiger partial charge on any atom is 0.0678 e. The molecule has 0 aliphatic heterocycles. The van der Waals surface area contributed by atoms with Gasteiger partial charge in [0, 0.05) is 19.7 Å². The molecule has 1 unspecified atom stereocenters. The Morgan fingerprint density at radius 3 is 2.86 bits per heavy atom. The molecule has 1 aliphatic carbocycles. The first-order valence-corrected chi connectivity index (χ1v) is 5.26. The van der Waals surface area contributed by atoms with Gasteiger partial charge in [0.15, 0.2) is 0 Å². The number of aryl methyl sites for hydroxylation is 1. The molecule has 0 radical (unpaired) electrons. The van der Waals surface area contributed by atoms with Crippen LogP contribution in [-0.2, 0) is 13.5 Å². The first-order valence-electron chi connectivity index (χ1n) is 5.26. The van der Waals surface area contributed by atoms with Crippen LogP contribution in [0.25, 0.3) is 0 Å². The molecule has 78 valence electrons. The molecule has 1 aromatic rings. The number of hydrogen-bond acceptors (Lipinski definition) is 2. The monoisotopic (exact) mass is 194 g/mol. The van der Waals surface area contributed by atoms with Gasteiger partial charge in [-0.15, -0.1) is 0 Å². The number of aliphatic hydroxyl groups is 1. The van der Waals surface area contributed by atoms with Crippen molar-refractivity contribution in [1.82, 2.24) is 9.78 Å². The predicted molar refractivity (Wildman–Crippen MR) is 54.9 cm³/mol. The van der Waals surface area contributed by atoms with E-state index in [0.717, 1.165) is 18.0 Å². The molecular formula is C11H18N2O. The van der Waals surface area contributed by atoms with Crippen molar-refractivity contribution in [1.29, 1.82) is 0 Å². The van der Waals surface area contributed by atoms with Crippen molar-refractivity contribution in [2.45, 2.75) is 38.2 Å². The first kappa shape index (κ1) is 9.71. The van der Waals surface area contributed by atoms with Gasteiger partial charge in [0.2, 0.25) is 0 Å². The second kappa shape index (κ2) is 3.39. The van der Waals surface area contributed by atoms with Crippen molar-refractivity contribution < 1.29 is 5.11 Å². The molecule has 3 heteroatoms. The summed E-state index contributed by atoms with van der Waals surface area (Å²) in [4.78, 5) is 0. The Hall–Kier alpha value is -0.830. The number of hydrogen-bond donors (Lipinski definition) is 1. The van der Waals surface area contributed by atoms with E-state index in [-0.39, 0.29) is 0 Å². The van der Waals surface area contributed by atoms with Gasteiger partial charge in [-0.2, -0.15) is 5.10 Å². The van der Waals surface area contributed by atoms with E-state index in [9.17, 15) is 5.11 Å². The second-order valence-corrected chi connectivity index (χ2v) is 4.80. The first-order chi connectivity index (χ1) is 6.55. The van der Waals surface area contributed by atoms with Gasteiger partial charge >= 0.3 is 0 Å². The highest BCUT2D eigenvalue weighted by Gasteiger charge is 2.32. The minimum Gasteiger partial charge on any atom is -0.390 e. The van der Waals surface area contributed by atoms with E-state index >= 15 is 0 Å². The Morgan fingerprint density at radius 1 is 1.64 bits per heavy atom. The van der Waals surface area contributed by atoms with Gasteiger partial charge in [-0.1, -0.05) is 12.8 Å². The van der Waals surface area contributed by atoms with Gasteiger partial charge in [0.25, 0.3) is 0 Å². The highest BCUT2D eigenvalue weighted by atomic mass is 16.3. The number of aromatic nitrogens is 2. The summed E-state index contributed by atoms with van der Waals surface area (Å²) in [6.45, 7) is 1.92. The van der Waals surface area contributed by atoms with Crippen LogP contribution in [0, 0.1) is 5.92 Å². The van der Waals surface area contributed by atoms with Crippen LogP contribution in [0.4, 0.5) is 0 Å². The third kappa shape index (κ3) is 2.58. The average molecular weight is 194 g/mol. The molecule has 1 aliphatic rings. The third-order valence-corrected chi connectivity index (χ3v) is 2.76. The molecule has 0 bridgehead atoms. The van der Waals surface area contributed by atoms with Crippen molar-refractivity contribution >= 4 is 0 Å². The number of nitrogens with zero attached hydrogens (tertiary/aromatic N) is 2. The summed E-state index contributed by atoms with van der Waals surface area (Å²) in [6.07, 6.45) is 6.09. The molecular weight excluding hydrogens is 176 g/mol. The molecule has 1 saturated carbocycles. The molecule has 0 amide bonds. The summed E-state index contributed by atoms with van der Waals surface area (Å²) in [6, 6.07) is 1.97. The SMILES string of the molecule is Cn1ccc(CC(C)(O)CC2CC2)n1. The molecule has 0 saturated heterocycles. The molecule has 1 fully saturated rings. The second-order valence-electron chi connectivity index (χ2n) is 4.80. The maximum absolute atomic E-state index is 10.1. The van der Waals surface area contributed by atoms with Crippen molar-refractivity contribution in [3.63, 3.8) is 0 Å². The lowest BCUT2D eigenvalue weighted by Gasteiger charge is -2.21. The predicted octanol–water partition coefficient (Wildman–Crippen LogP) is 1.51. The highest BCUT2D eigenvalue weighted by Crippen LogP contribution is 2.37. The minimum absolute atomic E-state index is 0.574. The Morgan fingerprint density at radius 2 is 2.36 bits per heavy atom. The van der Waals surface area contributed by atoms with E-state index in [1.165, 1.54) is 12.8 Å². The molecule has 2 rings (SSSR count). The van der Waals surface area contributed by atoms with E-state index in [1.807, 2.05) is 26.2 Å². The van der Waals surface area contributed by atoms with E-state index < -0.39 is 5.60 Å². The van der Waals surface area contributed by atoms with Crippen LogP contribution < -0.4 is 0 Å². The normalized spacial score (nSPS) is 20.8. The fraction of sp³-hybridized carbons (Fsp3) is 0.727. The zero-order valence-electron chi connectivity index (χ0n) is 8.90. The van der Waals surface area contributed by atoms with Gasteiger partial charge in [-0.25, -0.2) is 0 Å². The lowest BCUT2D eigenvalue weighted by Crippen LogP contribution is -2.28. The van der Waals surface area contributed by atoms with Crippen LogP contribution in [0.3, 0.4) is 0 Å². The molecule has 0 aromatic carbocycles. The van der Waals surface area contributed by atoms with Crippen LogP contribution >= 0.6 is 0 Å². The largest absolute Gasteiger partial charge is 0.390 e. The summed E-state index contributed by atoms with van der Waals surface area (Å²) in [5, 5.41) is 14.4. The number of rotatable bonds is 4. The Balaban J connectivity index is 1.94. The molecule has 1 heterocycles. The Kier molecular flexibility index (Phi) is 2.35. The van der Waals surface area contributed by atoms with Crippen LogP contribution in [0.1, 0.15) is 31.9 Å². The summed E-state index contributed by atoms with van der Waals surface area (Å²) < 4.78 is 1.78. The van der Waals surface area contributed by atoms with E-state index in [0.29, 0.717) is 6.42 Å². The fourth-order valence-corrected chi connectivity index (χ4v) is 1.96. The highest BCUT2D eigenvalue weighted by molar-refractivity contribution is 5.03. The van der Waals surface area contributed by atoms with E-state index in [2.05, 4.69) is 5.10 Å². The van der Waals surface area contributed by atoms with Gasteiger partial charge < -0.3 is 5.11 Å². The van der Waals surface area contributed by atoms with E-state index in [4.69, 9.17) is 0 Å². The smallest absolute Gasteiger partial charge is 0.0678 e. The molecule has 0 spiro atoms.